The highest BCUT2D eigenvalue weighted by atomic mass is 16.5. The molecule has 0 radical (unpaired) electrons. The second-order valence-corrected chi connectivity index (χ2v) is 4.24. The van der Waals surface area contributed by atoms with Crippen molar-refractivity contribution < 1.29 is 18.7 Å². The highest BCUT2D eigenvalue weighted by Gasteiger charge is 2.15. The minimum atomic E-state index is -0.390. The maximum absolute atomic E-state index is 11.8. The zero-order chi connectivity index (χ0) is 15.1. The SMILES string of the molecule is COCCCNC(=O)c1nnc(-c2ccc(OC)cc2)o1. The van der Waals surface area contributed by atoms with Crippen LogP contribution < -0.4 is 10.1 Å². The summed E-state index contributed by atoms with van der Waals surface area (Å²) < 4.78 is 15.3. The summed E-state index contributed by atoms with van der Waals surface area (Å²) >= 11 is 0. The Morgan fingerprint density at radius 3 is 2.67 bits per heavy atom. The summed E-state index contributed by atoms with van der Waals surface area (Å²) in [5, 5.41) is 10.3. The molecule has 1 N–H and O–H groups in total. The number of aromatic nitrogens is 2. The Kier molecular flexibility index (Phi) is 5.28. The largest absolute Gasteiger partial charge is 0.497 e. The lowest BCUT2D eigenvalue weighted by molar-refractivity contribution is 0.0914. The summed E-state index contributed by atoms with van der Waals surface area (Å²) in [6.07, 6.45) is 0.724. The maximum Gasteiger partial charge on any atom is 0.308 e. The van der Waals surface area contributed by atoms with Crippen LogP contribution >= 0.6 is 0 Å². The minimum absolute atomic E-state index is 0.0572. The first-order valence-corrected chi connectivity index (χ1v) is 6.49. The van der Waals surface area contributed by atoms with E-state index in [0.717, 1.165) is 17.7 Å². The molecule has 0 aliphatic rings. The van der Waals surface area contributed by atoms with Crippen molar-refractivity contribution in [2.45, 2.75) is 6.42 Å². The number of nitrogens with one attached hydrogen (secondary N) is 1. The molecule has 0 bridgehead atoms. The molecule has 0 fully saturated rings. The molecule has 21 heavy (non-hydrogen) atoms. The smallest absolute Gasteiger partial charge is 0.308 e. The summed E-state index contributed by atoms with van der Waals surface area (Å²) in [6.45, 7) is 1.08. The van der Waals surface area contributed by atoms with Crippen LogP contribution in [0.2, 0.25) is 0 Å². The molecule has 1 aromatic heterocycles. The molecule has 7 nitrogen and oxygen atoms in total. The van der Waals surface area contributed by atoms with Gasteiger partial charge >= 0.3 is 11.8 Å². The zero-order valence-corrected chi connectivity index (χ0v) is 12.0. The van der Waals surface area contributed by atoms with Gasteiger partial charge in [-0.3, -0.25) is 4.79 Å². The molecule has 1 amide bonds. The van der Waals surface area contributed by atoms with Gasteiger partial charge in [0.1, 0.15) is 5.75 Å². The van der Waals surface area contributed by atoms with E-state index in [1.807, 2.05) is 0 Å². The van der Waals surface area contributed by atoms with Gasteiger partial charge in [0.25, 0.3) is 0 Å². The molecular weight excluding hydrogens is 274 g/mol. The molecule has 0 aliphatic carbocycles. The van der Waals surface area contributed by atoms with Crippen LogP contribution in [-0.4, -0.2) is 43.5 Å². The van der Waals surface area contributed by atoms with Gasteiger partial charge in [-0.05, 0) is 30.7 Å². The fourth-order valence-corrected chi connectivity index (χ4v) is 1.66. The molecule has 2 rings (SSSR count). The first-order chi connectivity index (χ1) is 10.2. The van der Waals surface area contributed by atoms with Gasteiger partial charge < -0.3 is 19.2 Å². The van der Waals surface area contributed by atoms with Crippen molar-refractivity contribution in [1.29, 1.82) is 0 Å². The van der Waals surface area contributed by atoms with Crippen LogP contribution in [0.4, 0.5) is 0 Å². The topological polar surface area (TPSA) is 86.5 Å². The maximum atomic E-state index is 11.8. The summed E-state index contributed by atoms with van der Waals surface area (Å²) in [6, 6.07) is 7.13. The first kappa shape index (κ1) is 15.0. The van der Waals surface area contributed by atoms with E-state index in [4.69, 9.17) is 13.9 Å². The lowest BCUT2D eigenvalue weighted by Crippen LogP contribution is -2.25. The number of hydrogen-bond donors (Lipinski definition) is 1. The molecule has 0 atom stereocenters. The molecule has 1 aromatic carbocycles. The van der Waals surface area contributed by atoms with Gasteiger partial charge in [0.2, 0.25) is 5.89 Å². The zero-order valence-electron chi connectivity index (χ0n) is 12.0. The van der Waals surface area contributed by atoms with Gasteiger partial charge in [-0.25, -0.2) is 0 Å². The summed E-state index contributed by atoms with van der Waals surface area (Å²) in [7, 11) is 3.20. The van der Waals surface area contributed by atoms with Crippen molar-refractivity contribution >= 4 is 5.91 Å². The second kappa shape index (κ2) is 7.39. The van der Waals surface area contributed by atoms with Crippen LogP contribution in [0.15, 0.2) is 28.7 Å². The lowest BCUT2D eigenvalue weighted by atomic mass is 10.2. The third kappa shape index (κ3) is 4.03. The van der Waals surface area contributed by atoms with Gasteiger partial charge in [-0.1, -0.05) is 0 Å². The number of ether oxygens (including phenoxy) is 2. The lowest BCUT2D eigenvalue weighted by Gasteiger charge is -2.01. The average molecular weight is 291 g/mol. The number of methoxy groups -OCH3 is 2. The fraction of sp³-hybridized carbons (Fsp3) is 0.357. The Labute approximate surface area is 122 Å². The molecule has 7 heteroatoms. The number of carbonyl (C=O) groups is 1. The highest BCUT2D eigenvalue weighted by Crippen LogP contribution is 2.20. The Balaban J connectivity index is 1.98. The number of benzene rings is 1. The van der Waals surface area contributed by atoms with Crippen LogP contribution in [0.25, 0.3) is 11.5 Å². The standard InChI is InChI=1S/C14H17N3O4/c1-19-9-3-8-15-12(18)14-17-16-13(21-14)10-4-6-11(20-2)7-5-10/h4-7H,3,8-9H2,1-2H3,(H,15,18). The van der Waals surface area contributed by atoms with Gasteiger partial charge in [0.15, 0.2) is 0 Å². The quantitative estimate of drug-likeness (QED) is 0.778. The van der Waals surface area contributed by atoms with E-state index in [2.05, 4.69) is 15.5 Å². The molecule has 112 valence electrons. The Bertz CT molecular complexity index is 580. The van der Waals surface area contributed by atoms with E-state index in [1.54, 1.807) is 38.5 Å². The Morgan fingerprint density at radius 1 is 1.24 bits per heavy atom. The Morgan fingerprint density at radius 2 is 2.00 bits per heavy atom. The fourth-order valence-electron chi connectivity index (χ4n) is 1.66. The predicted molar refractivity (Wildman–Crippen MR) is 75.1 cm³/mol. The van der Waals surface area contributed by atoms with Crippen LogP contribution in [0.3, 0.4) is 0 Å². The highest BCUT2D eigenvalue weighted by molar-refractivity contribution is 5.89. The molecule has 0 spiro atoms. The van der Waals surface area contributed by atoms with Crippen molar-refractivity contribution in [2.75, 3.05) is 27.4 Å². The minimum Gasteiger partial charge on any atom is -0.497 e. The third-order valence-corrected chi connectivity index (χ3v) is 2.77. The summed E-state index contributed by atoms with van der Waals surface area (Å²) in [4.78, 5) is 11.8. The number of carbonyl (C=O) groups excluding carboxylic acids is 1. The van der Waals surface area contributed by atoms with Crippen LogP contribution in [0, 0.1) is 0 Å². The van der Waals surface area contributed by atoms with E-state index in [9.17, 15) is 4.79 Å². The molecule has 0 saturated heterocycles. The molecular formula is C14H17N3O4. The molecule has 0 saturated carbocycles. The van der Waals surface area contributed by atoms with E-state index >= 15 is 0 Å². The van der Waals surface area contributed by atoms with E-state index in [0.29, 0.717) is 19.0 Å². The molecule has 0 aliphatic heterocycles. The number of nitrogens with zero attached hydrogens (tertiary/aromatic N) is 2. The van der Waals surface area contributed by atoms with Gasteiger partial charge in [0, 0.05) is 25.8 Å². The molecule has 0 unspecified atom stereocenters. The van der Waals surface area contributed by atoms with Crippen molar-refractivity contribution in [1.82, 2.24) is 15.5 Å². The third-order valence-electron chi connectivity index (χ3n) is 2.77. The van der Waals surface area contributed by atoms with Gasteiger partial charge in [-0.2, -0.15) is 0 Å². The van der Waals surface area contributed by atoms with E-state index in [1.165, 1.54) is 0 Å². The average Bonchev–Trinajstić information content (AvgIpc) is 3.01. The monoisotopic (exact) mass is 291 g/mol. The first-order valence-electron chi connectivity index (χ1n) is 6.49. The second-order valence-electron chi connectivity index (χ2n) is 4.24. The van der Waals surface area contributed by atoms with Crippen LogP contribution in [-0.2, 0) is 4.74 Å². The van der Waals surface area contributed by atoms with E-state index in [-0.39, 0.29) is 5.89 Å². The van der Waals surface area contributed by atoms with Crippen molar-refractivity contribution in [3.8, 4) is 17.2 Å². The van der Waals surface area contributed by atoms with E-state index < -0.39 is 5.91 Å². The molecule has 1 heterocycles. The number of hydrogen-bond acceptors (Lipinski definition) is 6. The Hall–Kier alpha value is -2.41. The van der Waals surface area contributed by atoms with Crippen molar-refractivity contribution in [3.63, 3.8) is 0 Å². The number of rotatable bonds is 7. The van der Waals surface area contributed by atoms with Crippen LogP contribution in [0.1, 0.15) is 17.1 Å². The van der Waals surface area contributed by atoms with Gasteiger partial charge in [-0.15, -0.1) is 10.2 Å². The van der Waals surface area contributed by atoms with Crippen molar-refractivity contribution in [3.05, 3.63) is 30.2 Å². The van der Waals surface area contributed by atoms with Crippen LogP contribution in [0.5, 0.6) is 5.75 Å². The predicted octanol–water partition coefficient (Wildman–Crippen LogP) is 1.51. The summed E-state index contributed by atoms with van der Waals surface area (Å²) in [5.41, 5.74) is 0.724. The summed E-state index contributed by atoms with van der Waals surface area (Å²) in [5.74, 6) is 0.575. The number of amides is 1. The van der Waals surface area contributed by atoms with Gasteiger partial charge in [0.05, 0.1) is 7.11 Å². The molecule has 2 aromatic rings. The normalized spacial score (nSPS) is 10.4. The van der Waals surface area contributed by atoms with Crippen molar-refractivity contribution in [2.24, 2.45) is 0 Å².